The van der Waals surface area contributed by atoms with Gasteiger partial charge in [-0.15, -0.1) is 0 Å². The SMILES string of the molecule is c1ccc(-c2ccc(-c3nc(-c4cccc(-c5cccc6c5c5ccccc5n6-c5ccc6c(c5)c5ccccc5n6-c5cccc(-c6nc(-c7ccccc7)nc(-c7ccc8c(c7)c7ccccc7n8-c7ccccc7)n6)c5)c4)nc(-c4cccc(-n5c6ccccc6c6cc(-n7c8ccccc8c8ccccc87)ccc65)c4)n3)cc2)cc1. The van der Waals surface area contributed by atoms with Crippen molar-refractivity contribution >= 4 is 109 Å². The third-order valence-electron chi connectivity index (χ3n) is 23.8. The lowest BCUT2D eigenvalue weighted by molar-refractivity contribution is 1.07. The fraction of sp³-hybridized carbons (Fsp3) is 0. The molecule has 0 saturated heterocycles. The molecule has 0 amide bonds. The van der Waals surface area contributed by atoms with Crippen LogP contribution >= 0.6 is 0 Å². The average molecular weight is 1520 g/mol. The van der Waals surface area contributed by atoms with Crippen LogP contribution in [-0.2, 0) is 0 Å². The molecule has 0 atom stereocenters. The molecule has 119 heavy (non-hydrogen) atoms. The maximum atomic E-state index is 5.48. The van der Waals surface area contributed by atoms with E-state index in [9.17, 15) is 0 Å². The molecule has 554 valence electrons. The standard InChI is InChI=1S/C108H67N11/c1-4-26-68(27-5-1)69-52-54-71(55-53-69)104-111-105(113-107(112-104)75-33-24-37-79(64-75)116-95-48-19-13-41-86(95)90-66-80(57-60-99(90)116)118-92-45-16-10-38-83(92)84-39-11-17-46-93(84)118)73-31-22-30-72(62-73)82-44-25-51-101-102(82)88-43-15-21-50-97(88)119(101)81-58-61-100-91(67-81)87-42-14-20-49-96(87)117(100)78-36-23-32-74(63-78)106-109-103(70-28-6-2-7-29-70)110-108(114-106)76-56-59-98-89(65-76)85-40-12-18-47-94(85)115(98)77-34-8-3-9-35-77/h1-67H. The van der Waals surface area contributed by atoms with Gasteiger partial charge >= 0.3 is 0 Å². The molecule has 0 aliphatic carbocycles. The summed E-state index contributed by atoms with van der Waals surface area (Å²) in [5.41, 5.74) is 26.1. The highest BCUT2D eigenvalue weighted by molar-refractivity contribution is 6.18. The van der Waals surface area contributed by atoms with Crippen molar-refractivity contribution in [1.29, 1.82) is 0 Å². The average Bonchev–Trinajstić information content (AvgIpc) is 1.58. The lowest BCUT2D eigenvalue weighted by Crippen LogP contribution is -2.01. The van der Waals surface area contributed by atoms with Gasteiger partial charge in [-0.25, -0.2) is 29.9 Å². The summed E-state index contributed by atoms with van der Waals surface area (Å²) in [4.78, 5) is 32.1. The summed E-state index contributed by atoms with van der Waals surface area (Å²) >= 11 is 0. The molecule has 0 aliphatic rings. The van der Waals surface area contributed by atoms with E-state index < -0.39 is 0 Å². The second-order valence-electron chi connectivity index (χ2n) is 30.6. The van der Waals surface area contributed by atoms with Crippen LogP contribution < -0.4 is 0 Å². The van der Waals surface area contributed by atoms with Gasteiger partial charge in [0.1, 0.15) is 0 Å². The highest BCUT2D eigenvalue weighted by Gasteiger charge is 2.25. The lowest BCUT2D eigenvalue weighted by atomic mass is 9.97. The van der Waals surface area contributed by atoms with Gasteiger partial charge in [0.25, 0.3) is 0 Å². The summed E-state index contributed by atoms with van der Waals surface area (Å²) < 4.78 is 11.9. The number of para-hydroxylation sites is 7. The molecule has 24 rings (SSSR count). The molecule has 0 spiro atoms. The van der Waals surface area contributed by atoms with Gasteiger partial charge in [0.05, 0.1) is 55.2 Å². The molecule has 0 fully saturated rings. The fourth-order valence-corrected chi connectivity index (χ4v) is 18.4. The quantitative estimate of drug-likeness (QED) is 0.114. The Labute approximate surface area is 682 Å². The number of benzene rings is 17. The summed E-state index contributed by atoms with van der Waals surface area (Å²) in [5, 5.41) is 11.6. The number of fused-ring (bicyclic) bond motifs is 15. The Morgan fingerprint density at radius 2 is 0.395 bits per heavy atom. The second kappa shape index (κ2) is 27.2. The molecule has 11 heteroatoms. The molecule has 24 aromatic rings. The van der Waals surface area contributed by atoms with E-state index in [1.54, 1.807) is 0 Å². The molecule has 17 aromatic carbocycles. The Kier molecular flexibility index (Phi) is 15.4. The summed E-state index contributed by atoms with van der Waals surface area (Å²) in [6.45, 7) is 0. The van der Waals surface area contributed by atoms with E-state index in [1.807, 2.05) is 24.3 Å². The summed E-state index contributed by atoms with van der Waals surface area (Å²) in [6, 6.07) is 145. The zero-order valence-corrected chi connectivity index (χ0v) is 64.1. The van der Waals surface area contributed by atoms with Crippen LogP contribution in [0, 0.1) is 0 Å². The van der Waals surface area contributed by atoms with Gasteiger partial charge in [-0.1, -0.05) is 267 Å². The Hall–Kier alpha value is -16.2. The van der Waals surface area contributed by atoms with Crippen LogP contribution in [0.4, 0.5) is 0 Å². The van der Waals surface area contributed by atoms with Gasteiger partial charge in [0, 0.05) is 116 Å². The predicted molar refractivity (Wildman–Crippen MR) is 488 cm³/mol. The molecule has 11 nitrogen and oxygen atoms in total. The van der Waals surface area contributed by atoms with Crippen molar-refractivity contribution in [3.8, 4) is 119 Å². The van der Waals surface area contributed by atoms with Crippen molar-refractivity contribution in [2.75, 3.05) is 0 Å². The van der Waals surface area contributed by atoms with Crippen molar-refractivity contribution in [3.63, 3.8) is 0 Å². The predicted octanol–water partition coefficient (Wildman–Crippen LogP) is 26.9. The minimum Gasteiger partial charge on any atom is -0.309 e. The lowest BCUT2D eigenvalue weighted by Gasteiger charge is -2.13. The molecule has 7 aromatic heterocycles. The monoisotopic (exact) mass is 1520 g/mol. The number of rotatable bonds is 13. The first kappa shape index (κ1) is 67.3. The van der Waals surface area contributed by atoms with E-state index in [-0.39, 0.29) is 0 Å². The zero-order chi connectivity index (χ0) is 78.2. The van der Waals surface area contributed by atoms with Crippen LogP contribution in [0.2, 0.25) is 0 Å². The Morgan fingerprint density at radius 3 is 0.874 bits per heavy atom. The van der Waals surface area contributed by atoms with Crippen LogP contribution in [0.5, 0.6) is 0 Å². The first-order chi connectivity index (χ1) is 59.0. The normalized spacial score (nSPS) is 11.9. The van der Waals surface area contributed by atoms with Gasteiger partial charge < -0.3 is 22.8 Å². The van der Waals surface area contributed by atoms with Crippen LogP contribution in [0.1, 0.15) is 0 Å². The van der Waals surface area contributed by atoms with Gasteiger partial charge in [-0.05, 0) is 162 Å². The van der Waals surface area contributed by atoms with E-state index in [0.717, 1.165) is 166 Å². The zero-order valence-electron chi connectivity index (χ0n) is 64.1. The van der Waals surface area contributed by atoms with Gasteiger partial charge in [0.15, 0.2) is 34.9 Å². The summed E-state index contributed by atoms with van der Waals surface area (Å²) in [6.07, 6.45) is 0. The third kappa shape index (κ3) is 11.0. The van der Waals surface area contributed by atoms with Crippen LogP contribution in [0.15, 0.2) is 406 Å². The number of hydrogen-bond donors (Lipinski definition) is 0. The van der Waals surface area contributed by atoms with E-state index in [0.29, 0.717) is 34.9 Å². The Bertz CT molecular complexity index is 8180. The van der Waals surface area contributed by atoms with Gasteiger partial charge in [-0.3, -0.25) is 0 Å². The maximum Gasteiger partial charge on any atom is 0.164 e. The van der Waals surface area contributed by atoms with E-state index >= 15 is 0 Å². The summed E-state index contributed by atoms with van der Waals surface area (Å²) in [7, 11) is 0. The second-order valence-corrected chi connectivity index (χ2v) is 30.6. The van der Waals surface area contributed by atoms with Crippen molar-refractivity contribution in [3.05, 3.63) is 406 Å². The smallest absolute Gasteiger partial charge is 0.164 e. The van der Waals surface area contributed by atoms with Crippen molar-refractivity contribution in [2.24, 2.45) is 0 Å². The van der Waals surface area contributed by atoms with Crippen molar-refractivity contribution in [1.82, 2.24) is 52.7 Å². The first-order valence-electron chi connectivity index (χ1n) is 40.2. The van der Waals surface area contributed by atoms with Crippen molar-refractivity contribution < 1.29 is 0 Å². The third-order valence-corrected chi connectivity index (χ3v) is 23.8. The Morgan fingerprint density at radius 1 is 0.134 bits per heavy atom. The highest BCUT2D eigenvalue weighted by Crippen LogP contribution is 2.45. The molecule has 0 unspecified atom stereocenters. The number of nitrogens with zero attached hydrogens (tertiary/aromatic N) is 11. The molecule has 0 radical (unpaired) electrons. The van der Waals surface area contributed by atoms with E-state index in [2.05, 4.69) is 405 Å². The maximum absolute atomic E-state index is 5.48. The minimum atomic E-state index is 0.568. The van der Waals surface area contributed by atoms with E-state index in [1.165, 1.54) is 27.2 Å². The fourth-order valence-electron chi connectivity index (χ4n) is 18.4. The van der Waals surface area contributed by atoms with Crippen LogP contribution in [0.3, 0.4) is 0 Å². The van der Waals surface area contributed by atoms with Crippen molar-refractivity contribution in [2.45, 2.75) is 0 Å². The highest BCUT2D eigenvalue weighted by atomic mass is 15.1. The molecule has 0 saturated carbocycles. The summed E-state index contributed by atoms with van der Waals surface area (Å²) in [5.74, 6) is 3.50. The molecule has 0 aliphatic heterocycles. The minimum absolute atomic E-state index is 0.568. The van der Waals surface area contributed by atoms with Gasteiger partial charge in [0.2, 0.25) is 0 Å². The molecule has 7 heterocycles. The molecular weight excluding hydrogens is 1450 g/mol. The van der Waals surface area contributed by atoms with Crippen LogP contribution in [0.25, 0.3) is 228 Å². The Balaban J connectivity index is 0.602. The van der Waals surface area contributed by atoms with Crippen LogP contribution in [-0.4, -0.2) is 52.7 Å². The van der Waals surface area contributed by atoms with E-state index in [4.69, 9.17) is 29.9 Å². The first-order valence-corrected chi connectivity index (χ1v) is 40.2. The largest absolute Gasteiger partial charge is 0.309 e. The number of aromatic nitrogens is 11. The molecular formula is C108H67N11. The number of hydrogen-bond acceptors (Lipinski definition) is 6. The topological polar surface area (TPSA) is 102 Å². The molecule has 0 bridgehead atoms. The van der Waals surface area contributed by atoms with Gasteiger partial charge in [-0.2, -0.15) is 0 Å². The molecule has 0 N–H and O–H groups in total.